The van der Waals surface area contributed by atoms with Gasteiger partial charge in [0.25, 0.3) is 0 Å². The molecule has 150 valence electrons. The van der Waals surface area contributed by atoms with E-state index in [1.54, 1.807) is 6.92 Å². The summed E-state index contributed by atoms with van der Waals surface area (Å²) in [6.45, 7) is 3.54. The molecule has 4 atom stereocenters. The zero-order valence-corrected chi connectivity index (χ0v) is 16.3. The molecule has 29 heavy (non-hydrogen) atoms. The molecule has 2 aliphatic rings. The smallest absolute Gasteiger partial charge is 0.326 e. The van der Waals surface area contributed by atoms with Crippen LogP contribution in [0.25, 0.3) is 0 Å². The van der Waals surface area contributed by atoms with Crippen molar-refractivity contribution in [3.8, 4) is 0 Å². The highest BCUT2D eigenvalue weighted by atomic mass is 19.1. The molecule has 2 aromatic rings. The largest absolute Gasteiger partial charge is 0.468 e. The van der Waals surface area contributed by atoms with Crippen LogP contribution in [0.1, 0.15) is 24.1 Å². The lowest BCUT2D eigenvalue weighted by atomic mass is 9.80. The van der Waals surface area contributed by atoms with Crippen molar-refractivity contribution in [2.45, 2.75) is 25.4 Å². The van der Waals surface area contributed by atoms with Gasteiger partial charge in [0.05, 0.1) is 24.6 Å². The summed E-state index contributed by atoms with van der Waals surface area (Å²) in [5, 5.41) is 3.19. The van der Waals surface area contributed by atoms with Crippen molar-refractivity contribution in [2.24, 2.45) is 11.8 Å². The monoisotopic (exact) mass is 396 g/mol. The molecule has 0 aliphatic carbocycles. The van der Waals surface area contributed by atoms with Crippen molar-refractivity contribution in [1.29, 1.82) is 0 Å². The second-order valence-electron chi connectivity index (χ2n) is 7.72. The third kappa shape index (κ3) is 2.84. The van der Waals surface area contributed by atoms with Crippen LogP contribution in [0.15, 0.2) is 48.5 Å². The van der Waals surface area contributed by atoms with Crippen LogP contribution in [-0.2, 0) is 19.1 Å². The van der Waals surface area contributed by atoms with Crippen molar-refractivity contribution in [2.75, 3.05) is 12.0 Å². The highest BCUT2D eigenvalue weighted by Crippen LogP contribution is 2.49. The van der Waals surface area contributed by atoms with E-state index in [1.807, 2.05) is 31.2 Å². The second-order valence-corrected chi connectivity index (χ2v) is 7.72. The minimum atomic E-state index is -1.36. The van der Waals surface area contributed by atoms with Gasteiger partial charge in [0.15, 0.2) is 0 Å². The molecular formula is C22H21FN2O4. The molecular weight excluding hydrogens is 375 g/mol. The Bertz CT molecular complexity index is 989. The molecule has 2 fully saturated rings. The fourth-order valence-electron chi connectivity index (χ4n) is 4.44. The number of carbonyl (C=O) groups is 3. The minimum absolute atomic E-state index is 0.283. The Morgan fingerprint density at radius 1 is 1.07 bits per heavy atom. The number of imide groups is 1. The number of rotatable bonds is 3. The van der Waals surface area contributed by atoms with E-state index in [0.717, 1.165) is 16.0 Å². The van der Waals surface area contributed by atoms with E-state index in [9.17, 15) is 18.8 Å². The summed E-state index contributed by atoms with van der Waals surface area (Å²) in [6, 6.07) is 12.2. The highest BCUT2D eigenvalue weighted by molar-refractivity contribution is 6.24. The molecule has 2 aliphatic heterocycles. The zero-order chi connectivity index (χ0) is 20.9. The van der Waals surface area contributed by atoms with Crippen molar-refractivity contribution >= 4 is 23.5 Å². The van der Waals surface area contributed by atoms with Gasteiger partial charge in [-0.1, -0.05) is 29.8 Å². The molecule has 1 N–H and O–H groups in total. The summed E-state index contributed by atoms with van der Waals surface area (Å²) in [4.78, 5) is 40.4. The van der Waals surface area contributed by atoms with Crippen molar-refractivity contribution in [3.63, 3.8) is 0 Å². The van der Waals surface area contributed by atoms with Gasteiger partial charge in [-0.3, -0.25) is 19.7 Å². The zero-order valence-electron chi connectivity index (χ0n) is 16.3. The summed E-state index contributed by atoms with van der Waals surface area (Å²) in [5.41, 5.74) is 0.781. The quantitative estimate of drug-likeness (QED) is 0.637. The van der Waals surface area contributed by atoms with Gasteiger partial charge >= 0.3 is 5.97 Å². The molecule has 0 saturated carbocycles. The number of halogens is 1. The van der Waals surface area contributed by atoms with Gasteiger partial charge in [-0.05, 0) is 43.7 Å². The lowest BCUT2D eigenvalue weighted by Gasteiger charge is -2.28. The van der Waals surface area contributed by atoms with Gasteiger partial charge in [0.2, 0.25) is 11.8 Å². The van der Waals surface area contributed by atoms with E-state index in [1.165, 1.54) is 31.4 Å². The second kappa shape index (κ2) is 6.77. The first-order chi connectivity index (χ1) is 13.8. The van der Waals surface area contributed by atoms with E-state index >= 15 is 0 Å². The lowest BCUT2D eigenvalue weighted by molar-refractivity contribution is -0.151. The van der Waals surface area contributed by atoms with Crippen LogP contribution < -0.4 is 10.2 Å². The molecule has 0 spiro atoms. The van der Waals surface area contributed by atoms with E-state index in [0.29, 0.717) is 0 Å². The average Bonchev–Trinajstić information content (AvgIpc) is 3.17. The Morgan fingerprint density at radius 3 is 2.28 bits per heavy atom. The molecule has 0 radical (unpaired) electrons. The number of esters is 1. The molecule has 2 aromatic carbocycles. The van der Waals surface area contributed by atoms with Crippen LogP contribution in [0.4, 0.5) is 10.1 Å². The third-order valence-electron chi connectivity index (χ3n) is 5.92. The number of carbonyl (C=O) groups excluding carboxylic acids is 3. The number of hydrogen-bond donors (Lipinski definition) is 1. The van der Waals surface area contributed by atoms with Gasteiger partial charge in [-0.15, -0.1) is 0 Å². The lowest BCUT2D eigenvalue weighted by Crippen LogP contribution is -2.54. The highest BCUT2D eigenvalue weighted by Gasteiger charge is 2.67. The molecule has 7 heteroatoms. The molecule has 0 bridgehead atoms. The Labute approximate surface area is 167 Å². The maximum atomic E-state index is 13.4. The molecule has 2 amide bonds. The van der Waals surface area contributed by atoms with E-state index in [4.69, 9.17) is 4.74 Å². The topological polar surface area (TPSA) is 75.7 Å². The van der Waals surface area contributed by atoms with Gasteiger partial charge in [0.1, 0.15) is 11.4 Å². The summed E-state index contributed by atoms with van der Waals surface area (Å²) in [6.07, 6.45) is 0. The van der Waals surface area contributed by atoms with Gasteiger partial charge in [-0.2, -0.15) is 0 Å². The first kappa shape index (κ1) is 19.3. The maximum absolute atomic E-state index is 13.4. The summed E-state index contributed by atoms with van der Waals surface area (Å²) >= 11 is 0. The summed E-state index contributed by atoms with van der Waals surface area (Å²) in [7, 11) is 1.25. The molecule has 2 heterocycles. The fraction of sp³-hybridized carbons (Fsp3) is 0.318. The Kier molecular flexibility index (Phi) is 4.50. The number of aryl methyl sites for hydroxylation is 1. The molecule has 4 rings (SSSR count). The first-order valence-corrected chi connectivity index (χ1v) is 9.34. The number of fused-ring (bicyclic) bond motifs is 1. The van der Waals surface area contributed by atoms with Gasteiger partial charge in [-0.25, -0.2) is 9.29 Å². The third-order valence-corrected chi connectivity index (χ3v) is 5.92. The molecule has 0 unspecified atom stereocenters. The number of nitrogens with one attached hydrogen (secondary N) is 1. The van der Waals surface area contributed by atoms with E-state index in [2.05, 4.69) is 5.32 Å². The fourth-order valence-corrected chi connectivity index (χ4v) is 4.44. The standard InChI is InChI=1S/C22H21FN2O4/c1-12-4-6-13(7-5-12)18-16-17(22(2,24-18)21(28)29-3)20(27)25(19(16)26)15-10-8-14(23)9-11-15/h4-11,16-18,24H,1-3H3/t16-,17+,18+,22+/m0/s1. The number of amides is 2. The van der Waals surface area contributed by atoms with E-state index < -0.39 is 47.0 Å². The number of hydrogen-bond acceptors (Lipinski definition) is 5. The molecule has 0 aromatic heterocycles. The van der Waals surface area contributed by atoms with Crippen LogP contribution in [0.5, 0.6) is 0 Å². The normalized spacial score (nSPS) is 28.6. The van der Waals surface area contributed by atoms with Crippen LogP contribution in [0.3, 0.4) is 0 Å². The average molecular weight is 396 g/mol. The maximum Gasteiger partial charge on any atom is 0.326 e. The molecule has 2 saturated heterocycles. The number of benzene rings is 2. The van der Waals surface area contributed by atoms with Crippen LogP contribution in [0, 0.1) is 24.6 Å². The Hall–Kier alpha value is -3.06. The summed E-state index contributed by atoms with van der Waals surface area (Å²) < 4.78 is 18.3. The Balaban J connectivity index is 1.81. The summed E-state index contributed by atoms with van der Waals surface area (Å²) in [5.74, 6) is -3.70. The van der Waals surface area contributed by atoms with Gasteiger partial charge in [0, 0.05) is 6.04 Å². The molecule has 6 nitrogen and oxygen atoms in total. The SMILES string of the molecule is COC(=O)[C@]1(C)N[C@H](c2ccc(C)cc2)[C@H]2C(=O)N(c3ccc(F)cc3)C(=O)[C@@H]21. The predicted molar refractivity (Wildman–Crippen MR) is 103 cm³/mol. The number of methoxy groups -OCH3 is 1. The van der Waals surface area contributed by atoms with Crippen molar-refractivity contribution in [3.05, 3.63) is 65.5 Å². The van der Waals surface area contributed by atoms with Crippen molar-refractivity contribution in [1.82, 2.24) is 5.32 Å². The van der Waals surface area contributed by atoms with Crippen LogP contribution in [0.2, 0.25) is 0 Å². The predicted octanol–water partition coefficient (Wildman–Crippen LogP) is 2.52. The van der Waals surface area contributed by atoms with Crippen molar-refractivity contribution < 1.29 is 23.5 Å². The van der Waals surface area contributed by atoms with Crippen LogP contribution >= 0.6 is 0 Å². The first-order valence-electron chi connectivity index (χ1n) is 9.34. The minimum Gasteiger partial charge on any atom is -0.468 e. The Morgan fingerprint density at radius 2 is 1.69 bits per heavy atom. The van der Waals surface area contributed by atoms with Gasteiger partial charge < -0.3 is 4.74 Å². The number of ether oxygens (including phenoxy) is 1. The van der Waals surface area contributed by atoms with E-state index in [-0.39, 0.29) is 5.69 Å². The number of nitrogens with zero attached hydrogens (tertiary/aromatic N) is 1. The number of anilines is 1. The van der Waals surface area contributed by atoms with Crippen LogP contribution in [-0.4, -0.2) is 30.4 Å².